The van der Waals surface area contributed by atoms with Gasteiger partial charge in [0.05, 0.1) is 29.2 Å². The Bertz CT molecular complexity index is 882. The molecule has 0 aromatic heterocycles. The second-order valence-electron chi connectivity index (χ2n) is 9.44. The summed E-state index contributed by atoms with van der Waals surface area (Å²) < 4.78 is -0.613. The first-order chi connectivity index (χ1) is 16.0. The Morgan fingerprint density at radius 3 is 2.67 bits per heavy atom. The van der Waals surface area contributed by atoms with Crippen LogP contribution in [0.4, 0.5) is 0 Å². The molecule has 1 spiro atoms. The Balaban J connectivity index is 1.68. The lowest BCUT2D eigenvalue weighted by Crippen LogP contribution is -2.57. The van der Waals surface area contributed by atoms with Gasteiger partial charge in [-0.25, -0.2) is 0 Å². The standard InChI is InChI=1S/C25H35N3O4S/c1-3-4-8-13-27-23(31)21-25-12-11-18(33-25)19(22(30)26-2)20(25)24(32)28(21)17(15-29)14-16-9-6-5-7-10-16/h5-7,9-10,17-21,29H,3-4,8,11-15H2,1-2H3,(H,26,30)(H,27,31)/t17-,18+,19-,20+,21?,25?/m1/s1. The molecule has 0 aliphatic carbocycles. The quantitative estimate of drug-likeness (QED) is 0.450. The zero-order valence-corrected chi connectivity index (χ0v) is 20.3. The van der Waals surface area contributed by atoms with E-state index in [0.29, 0.717) is 13.0 Å². The maximum absolute atomic E-state index is 13.9. The number of unbranched alkanes of at least 4 members (excludes halogenated alkanes) is 2. The fourth-order valence-corrected chi connectivity index (χ4v) is 8.28. The predicted octanol–water partition coefficient (Wildman–Crippen LogP) is 1.73. The third-order valence-corrected chi connectivity index (χ3v) is 9.49. The Morgan fingerprint density at radius 2 is 2.00 bits per heavy atom. The van der Waals surface area contributed by atoms with Crippen molar-refractivity contribution in [2.24, 2.45) is 11.8 Å². The van der Waals surface area contributed by atoms with Gasteiger partial charge in [-0.3, -0.25) is 14.4 Å². The third-order valence-electron chi connectivity index (χ3n) is 7.53. The fraction of sp³-hybridized carbons (Fsp3) is 0.640. The van der Waals surface area contributed by atoms with Gasteiger partial charge in [0.25, 0.3) is 0 Å². The minimum absolute atomic E-state index is 0.0538. The molecular weight excluding hydrogens is 438 g/mol. The number of aliphatic hydroxyl groups excluding tert-OH is 1. The molecule has 0 radical (unpaired) electrons. The summed E-state index contributed by atoms with van der Waals surface area (Å²) in [5, 5.41) is 16.2. The Hall–Kier alpha value is -2.06. The van der Waals surface area contributed by atoms with Crippen molar-refractivity contribution in [2.45, 2.75) is 67.5 Å². The molecule has 0 saturated carbocycles. The van der Waals surface area contributed by atoms with Gasteiger partial charge in [0.2, 0.25) is 17.7 Å². The number of nitrogens with one attached hydrogen (secondary N) is 2. The van der Waals surface area contributed by atoms with Crippen LogP contribution in [0.15, 0.2) is 30.3 Å². The molecule has 33 heavy (non-hydrogen) atoms. The Labute approximate surface area is 200 Å². The van der Waals surface area contributed by atoms with Crippen LogP contribution in [0.5, 0.6) is 0 Å². The highest BCUT2D eigenvalue weighted by Crippen LogP contribution is 2.66. The van der Waals surface area contributed by atoms with Gasteiger partial charge >= 0.3 is 0 Å². The van der Waals surface area contributed by atoms with Gasteiger partial charge in [-0.2, -0.15) is 0 Å². The number of carbonyl (C=O) groups excluding carboxylic acids is 3. The van der Waals surface area contributed by atoms with Gasteiger partial charge in [0, 0.05) is 18.8 Å². The summed E-state index contributed by atoms with van der Waals surface area (Å²) in [5.41, 5.74) is 1.00. The smallest absolute Gasteiger partial charge is 0.244 e. The van der Waals surface area contributed by atoms with E-state index in [1.807, 2.05) is 30.3 Å². The van der Waals surface area contributed by atoms with Gasteiger partial charge in [0.1, 0.15) is 6.04 Å². The van der Waals surface area contributed by atoms with Crippen molar-refractivity contribution in [1.29, 1.82) is 0 Å². The third kappa shape index (κ3) is 4.16. The molecular formula is C25H35N3O4S. The second kappa shape index (κ2) is 10.1. The highest BCUT2D eigenvalue weighted by molar-refractivity contribution is 8.02. The van der Waals surface area contributed by atoms with Gasteiger partial charge in [0.15, 0.2) is 0 Å². The molecule has 2 unspecified atom stereocenters. The molecule has 3 aliphatic heterocycles. The van der Waals surface area contributed by atoms with Crippen molar-refractivity contribution in [3.63, 3.8) is 0 Å². The summed E-state index contributed by atoms with van der Waals surface area (Å²) in [5.74, 6) is -1.41. The average molecular weight is 474 g/mol. The molecule has 180 valence electrons. The lowest BCUT2D eigenvalue weighted by molar-refractivity contribution is -0.142. The van der Waals surface area contributed by atoms with Crippen molar-refractivity contribution in [2.75, 3.05) is 20.2 Å². The Kier molecular flexibility index (Phi) is 7.34. The maximum Gasteiger partial charge on any atom is 0.244 e. The van der Waals surface area contributed by atoms with Crippen LogP contribution in [0.3, 0.4) is 0 Å². The highest BCUT2D eigenvalue weighted by Gasteiger charge is 2.74. The number of nitrogens with zero attached hydrogens (tertiary/aromatic N) is 1. The number of thioether (sulfide) groups is 1. The SMILES string of the molecule is CCCCCNC(=O)C1N([C@@H](CO)Cc2ccccc2)C(=O)[C@@H]2[C@H](C(=O)NC)[C@@H]3CCC12S3. The zero-order chi connectivity index (χ0) is 23.6. The topological polar surface area (TPSA) is 98.7 Å². The summed E-state index contributed by atoms with van der Waals surface area (Å²) in [4.78, 5) is 42.0. The van der Waals surface area contributed by atoms with E-state index in [4.69, 9.17) is 0 Å². The van der Waals surface area contributed by atoms with Crippen LogP contribution in [0.2, 0.25) is 0 Å². The first-order valence-electron chi connectivity index (χ1n) is 12.1. The number of benzene rings is 1. The number of hydrogen-bond donors (Lipinski definition) is 3. The summed E-state index contributed by atoms with van der Waals surface area (Å²) in [6, 6.07) is 8.53. The molecule has 6 atom stereocenters. The van der Waals surface area contributed by atoms with Crippen molar-refractivity contribution in [3.8, 4) is 0 Å². The van der Waals surface area contributed by atoms with Gasteiger partial charge < -0.3 is 20.6 Å². The van der Waals surface area contributed by atoms with Gasteiger partial charge in [-0.15, -0.1) is 11.8 Å². The molecule has 1 aromatic carbocycles. The van der Waals surface area contributed by atoms with Crippen molar-refractivity contribution in [1.82, 2.24) is 15.5 Å². The van der Waals surface area contributed by atoms with E-state index in [-0.39, 0.29) is 29.6 Å². The van der Waals surface area contributed by atoms with E-state index >= 15 is 0 Å². The molecule has 1 aromatic rings. The molecule has 3 N–H and O–H groups in total. The van der Waals surface area contributed by atoms with E-state index < -0.39 is 28.7 Å². The zero-order valence-electron chi connectivity index (χ0n) is 19.5. The monoisotopic (exact) mass is 473 g/mol. The highest BCUT2D eigenvalue weighted by atomic mass is 32.2. The normalized spacial score (nSPS) is 30.9. The predicted molar refractivity (Wildman–Crippen MR) is 129 cm³/mol. The number of amides is 3. The van der Waals surface area contributed by atoms with Crippen LogP contribution < -0.4 is 10.6 Å². The van der Waals surface area contributed by atoms with Crippen molar-refractivity contribution in [3.05, 3.63) is 35.9 Å². The first-order valence-corrected chi connectivity index (χ1v) is 13.0. The fourth-order valence-electron chi connectivity index (χ4n) is 6.07. The summed E-state index contributed by atoms with van der Waals surface area (Å²) in [6.07, 6.45) is 5.00. The van der Waals surface area contributed by atoms with Crippen LogP contribution in [-0.2, 0) is 20.8 Å². The first kappa shape index (κ1) is 24.1. The van der Waals surface area contributed by atoms with Crippen LogP contribution >= 0.6 is 11.8 Å². The van der Waals surface area contributed by atoms with Crippen LogP contribution in [0.1, 0.15) is 44.6 Å². The van der Waals surface area contributed by atoms with Crippen LogP contribution in [0.25, 0.3) is 0 Å². The number of rotatable bonds is 10. The molecule has 2 bridgehead atoms. The largest absolute Gasteiger partial charge is 0.394 e. The maximum atomic E-state index is 13.9. The lowest BCUT2D eigenvalue weighted by atomic mass is 9.71. The van der Waals surface area contributed by atoms with E-state index in [0.717, 1.165) is 37.7 Å². The van der Waals surface area contributed by atoms with Gasteiger partial charge in [-0.05, 0) is 31.2 Å². The minimum Gasteiger partial charge on any atom is -0.394 e. The van der Waals surface area contributed by atoms with Crippen molar-refractivity contribution >= 4 is 29.5 Å². The molecule has 8 heteroatoms. The van der Waals surface area contributed by atoms with E-state index in [1.165, 1.54) is 0 Å². The average Bonchev–Trinajstić information content (AvgIpc) is 3.48. The summed E-state index contributed by atoms with van der Waals surface area (Å²) in [7, 11) is 1.60. The number of fused-ring (bicyclic) bond motifs is 1. The molecule has 3 saturated heterocycles. The van der Waals surface area contributed by atoms with Crippen molar-refractivity contribution < 1.29 is 19.5 Å². The van der Waals surface area contributed by atoms with E-state index in [1.54, 1.807) is 23.7 Å². The number of carbonyl (C=O) groups is 3. The second-order valence-corrected chi connectivity index (χ2v) is 11.0. The molecule has 3 fully saturated rings. The lowest BCUT2D eigenvalue weighted by Gasteiger charge is -2.37. The Morgan fingerprint density at radius 1 is 1.24 bits per heavy atom. The van der Waals surface area contributed by atoms with E-state index in [2.05, 4.69) is 17.6 Å². The molecule has 4 rings (SSSR count). The molecule has 3 aliphatic rings. The molecule has 3 heterocycles. The number of aliphatic hydroxyl groups is 1. The van der Waals surface area contributed by atoms with Crippen LogP contribution in [0, 0.1) is 11.8 Å². The van der Waals surface area contributed by atoms with Gasteiger partial charge in [-0.1, -0.05) is 50.1 Å². The number of hydrogen-bond acceptors (Lipinski definition) is 5. The van der Waals surface area contributed by atoms with E-state index in [9.17, 15) is 19.5 Å². The van der Waals surface area contributed by atoms with Crippen LogP contribution in [-0.4, -0.2) is 70.0 Å². The molecule has 7 nitrogen and oxygen atoms in total. The summed E-state index contributed by atoms with van der Waals surface area (Å²) >= 11 is 1.66. The minimum atomic E-state index is -0.679. The molecule has 3 amide bonds. The number of likely N-dealkylation sites (tertiary alicyclic amines) is 1. The summed E-state index contributed by atoms with van der Waals surface area (Å²) in [6.45, 7) is 2.45.